The third kappa shape index (κ3) is 2.13. The minimum Gasteiger partial charge on any atom is -0.381 e. The van der Waals surface area contributed by atoms with Gasteiger partial charge in [0.25, 0.3) is 0 Å². The van der Waals surface area contributed by atoms with E-state index in [9.17, 15) is 0 Å². The van der Waals surface area contributed by atoms with Gasteiger partial charge in [-0.1, -0.05) is 38.1 Å². The van der Waals surface area contributed by atoms with Crippen molar-refractivity contribution in [3.05, 3.63) is 35.5 Å². The number of nitrogens with two attached hydrogens (primary N) is 1. The minimum absolute atomic E-state index is 0.246. The number of imidazole rings is 1. The van der Waals surface area contributed by atoms with Gasteiger partial charge in [0.05, 0.1) is 0 Å². The van der Waals surface area contributed by atoms with Gasteiger partial charge < -0.3 is 10.7 Å². The van der Waals surface area contributed by atoms with Crippen LogP contribution in [0.3, 0.4) is 0 Å². The lowest BCUT2D eigenvalue weighted by atomic mass is 10.0. The molecule has 0 aliphatic heterocycles. The Balaban J connectivity index is 2.37. The predicted molar refractivity (Wildman–Crippen MR) is 67.2 cm³/mol. The summed E-state index contributed by atoms with van der Waals surface area (Å²) in [7, 11) is 0. The number of aromatic nitrogens is 2. The number of anilines is 1. The third-order valence-corrected chi connectivity index (χ3v) is 2.69. The quantitative estimate of drug-likeness (QED) is 0.826. The first-order valence-corrected chi connectivity index (χ1v) is 5.47. The molecule has 4 nitrogen and oxygen atoms in total. The molecule has 4 heteroatoms. The molecule has 2 aromatic rings. The topological polar surface area (TPSA) is 78.5 Å². The Labute approximate surface area is 100 Å². The molecule has 0 atom stereocenters. The van der Waals surface area contributed by atoms with Crippen molar-refractivity contribution >= 4 is 5.82 Å². The first kappa shape index (κ1) is 11.2. The van der Waals surface area contributed by atoms with Crippen molar-refractivity contribution in [1.82, 2.24) is 9.97 Å². The Morgan fingerprint density at radius 1 is 1.29 bits per heavy atom. The van der Waals surface area contributed by atoms with Crippen LogP contribution >= 0.6 is 0 Å². The van der Waals surface area contributed by atoms with E-state index in [1.165, 1.54) is 5.56 Å². The molecule has 0 aliphatic rings. The Morgan fingerprint density at radius 3 is 2.41 bits per heavy atom. The van der Waals surface area contributed by atoms with Crippen molar-refractivity contribution in [2.24, 2.45) is 0 Å². The van der Waals surface area contributed by atoms with Crippen LogP contribution in [-0.2, 0) is 0 Å². The molecule has 0 fully saturated rings. The number of rotatable bonds is 2. The van der Waals surface area contributed by atoms with Crippen LogP contribution in [0, 0.1) is 11.3 Å². The summed E-state index contributed by atoms with van der Waals surface area (Å²) in [6, 6.07) is 10.1. The number of hydrogen-bond donors (Lipinski definition) is 2. The van der Waals surface area contributed by atoms with Crippen LogP contribution in [0.2, 0.25) is 0 Å². The summed E-state index contributed by atoms with van der Waals surface area (Å²) in [5.41, 5.74) is 8.12. The molecule has 0 radical (unpaired) electrons. The monoisotopic (exact) mass is 226 g/mol. The van der Waals surface area contributed by atoms with E-state index < -0.39 is 0 Å². The molecular weight excluding hydrogens is 212 g/mol. The van der Waals surface area contributed by atoms with Crippen molar-refractivity contribution in [2.45, 2.75) is 19.8 Å². The van der Waals surface area contributed by atoms with Crippen LogP contribution in [0.5, 0.6) is 0 Å². The first-order valence-electron chi connectivity index (χ1n) is 5.47. The second-order valence-electron chi connectivity index (χ2n) is 4.23. The third-order valence-electron chi connectivity index (χ3n) is 2.69. The van der Waals surface area contributed by atoms with Gasteiger partial charge in [0.2, 0.25) is 0 Å². The van der Waals surface area contributed by atoms with Crippen LogP contribution in [0.15, 0.2) is 24.3 Å². The molecule has 2 rings (SSSR count). The fraction of sp³-hybridized carbons (Fsp3) is 0.231. The van der Waals surface area contributed by atoms with Crippen molar-refractivity contribution in [2.75, 3.05) is 5.73 Å². The SMILES string of the molecule is CC(C)c1ccc(-c2nc(N)c(C#N)[nH]2)cc1. The summed E-state index contributed by atoms with van der Waals surface area (Å²) < 4.78 is 0. The van der Waals surface area contributed by atoms with Gasteiger partial charge in [-0.3, -0.25) is 0 Å². The molecule has 1 aromatic carbocycles. The molecule has 86 valence electrons. The molecule has 3 N–H and O–H groups in total. The van der Waals surface area contributed by atoms with Crippen LogP contribution < -0.4 is 5.73 Å². The number of nitrogens with zero attached hydrogens (tertiary/aromatic N) is 2. The lowest BCUT2D eigenvalue weighted by Crippen LogP contribution is -1.88. The van der Waals surface area contributed by atoms with E-state index in [-0.39, 0.29) is 5.82 Å². The highest BCUT2D eigenvalue weighted by Gasteiger charge is 2.08. The summed E-state index contributed by atoms with van der Waals surface area (Å²) in [4.78, 5) is 7.02. The largest absolute Gasteiger partial charge is 0.381 e. The van der Waals surface area contributed by atoms with Crippen molar-refractivity contribution < 1.29 is 0 Å². The van der Waals surface area contributed by atoms with E-state index in [2.05, 4.69) is 35.9 Å². The molecule has 0 aliphatic carbocycles. The van der Waals surface area contributed by atoms with Gasteiger partial charge in [0, 0.05) is 5.56 Å². The van der Waals surface area contributed by atoms with E-state index in [0.717, 1.165) is 5.56 Å². The predicted octanol–water partition coefficient (Wildman–Crippen LogP) is 2.65. The molecule has 0 spiro atoms. The van der Waals surface area contributed by atoms with E-state index >= 15 is 0 Å². The maximum absolute atomic E-state index is 8.79. The minimum atomic E-state index is 0.246. The van der Waals surface area contributed by atoms with Crippen molar-refractivity contribution in [3.8, 4) is 17.5 Å². The number of H-pyrrole nitrogens is 1. The van der Waals surface area contributed by atoms with Crippen LogP contribution in [-0.4, -0.2) is 9.97 Å². The van der Waals surface area contributed by atoms with E-state index in [4.69, 9.17) is 11.0 Å². The zero-order valence-electron chi connectivity index (χ0n) is 9.86. The number of nitriles is 1. The number of aromatic amines is 1. The fourth-order valence-corrected chi connectivity index (χ4v) is 1.63. The van der Waals surface area contributed by atoms with Gasteiger partial charge in [0.15, 0.2) is 11.5 Å². The summed E-state index contributed by atoms with van der Waals surface area (Å²) in [5, 5.41) is 8.79. The smallest absolute Gasteiger partial charge is 0.161 e. The van der Waals surface area contributed by atoms with Gasteiger partial charge >= 0.3 is 0 Å². The zero-order chi connectivity index (χ0) is 12.4. The molecule has 0 saturated heterocycles. The number of hydrogen-bond acceptors (Lipinski definition) is 3. The lowest BCUT2D eigenvalue weighted by molar-refractivity contribution is 0.867. The molecule has 17 heavy (non-hydrogen) atoms. The number of benzene rings is 1. The number of nitrogens with one attached hydrogen (secondary N) is 1. The summed E-state index contributed by atoms with van der Waals surface area (Å²) >= 11 is 0. The van der Waals surface area contributed by atoms with Gasteiger partial charge in [-0.25, -0.2) is 4.98 Å². The van der Waals surface area contributed by atoms with Gasteiger partial charge in [0.1, 0.15) is 11.9 Å². The highest BCUT2D eigenvalue weighted by molar-refractivity contribution is 5.61. The van der Waals surface area contributed by atoms with Gasteiger partial charge in [-0.05, 0) is 11.5 Å². The van der Waals surface area contributed by atoms with Crippen LogP contribution in [0.1, 0.15) is 31.0 Å². The van der Waals surface area contributed by atoms with Crippen molar-refractivity contribution in [3.63, 3.8) is 0 Å². The van der Waals surface area contributed by atoms with Gasteiger partial charge in [-0.2, -0.15) is 5.26 Å². The second kappa shape index (κ2) is 4.30. The standard InChI is InChI=1S/C13H14N4/c1-8(2)9-3-5-10(6-4-9)13-16-11(7-14)12(15)17-13/h3-6,8H,15H2,1-2H3,(H,16,17). The molecule has 0 amide bonds. The normalized spacial score (nSPS) is 10.5. The average molecular weight is 226 g/mol. The summed E-state index contributed by atoms with van der Waals surface area (Å²) in [6.07, 6.45) is 0. The molecule has 0 bridgehead atoms. The average Bonchev–Trinajstić information content (AvgIpc) is 2.70. The molecular formula is C13H14N4. The molecule has 0 unspecified atom stereocenters. The maximum Gasteiger partial charge on any atom is 0.161 e. The van der Waals surface area contributed by atoms with E-state index in [0.29, 0.717) is 17.4 Å². The number of nitrogen functional groups attached to an aromatic ring is 1. The Morgan fingerprint density at radius 2 is 1.94 bits per heavy atom. The lowest BCUT2D eigenvalue weighted by Gasteiger charge is -2.05. The first-order chi connectivity index (χ1) is 8.11. The molecule has 1 heterocycles. The Bertz CT molecular complexity index is 558. The van der Waals surface area contributed by atoms with E-state index in [1.54, 1.807) is 0 Å². The highest BCUT2D eigenvalue weighted by atomic mass is 15.0. The maximum atomic E-state index is 8.79. The summed E-state index contributed by atoms with van der Waals surface area (Å²) in [6.45, 7) is 4.29. The van der Waals surface area contributed by atoms with E-state index in [1.807, 2.05) is 18.2 Å². The molecule has 0 saturated carbocycles. The van der Waals surface area contributed by atoms with Crippen LogP contribution in [0.25, 0.3) is 11.4 Å². The second-order valence-corrected chi connectivity index (χ2v) is 4.23. The Kier molecular flexibility index (Phi) is 2.84. The highest BCUT2D eigenvalue weighted by Crippen LogP contribution is 2.22. The van der Waals surface area contributed by atoms with Crippen LogP contribution in [0.4, 0.5) is 5.82 Å². The fourth-order valence-electron chi connectivity index (χ4n) is 1.63. The summed E-state index contributed by atoms with van der Waals surface area (Å²) in [5.74, 6) is 1.38. The van der Waals surface area contributed by atoms with Crippen molar-refractivity contribution in [1.29, 1.82) is 5.26 Å². The zero-order valence-corrected chi connectivity index (χ0v) is 9.86. The Hall–Kier alpha value is -2.28. The molecule has 1 aromatic heterocycles. The van der Waals surface area contributed by atoms with Gasteiger partial charge in [-0.15, -0.1) is 0 Å².